The van der Waals surface area contributed by atoms with E-state index in [2.05, 4.69) is 24.5 Å². The SMILES string of the molecule is CCCNC(=S)NC1CCCC1C. The fraction of sp³-hybridized carbons (Fsp3) is 0.900. The average molecular weight is 200 g/mol. The van der Waals surface area contributed by atoms with E-state index in [0.717, 1.165) is 24.0 Å². The summed E-state index contributed by atoms with van der Waals surface area (Å²) in [6.07, 6.45) is 5.08. The molecule has 0 radical (unpaired) electrons. The molecule has 76 valence electrons. The molecule has 3 heteroatoms. The molecule has 2 atom stereocenters. The van der Waals surface area contributed by atoms with Crippen LogP contribution >= 0.6 is 12.2 Å². The molecule has 2 unspecified atom stereocenters. The van der Waals surface area contributed by atoms with Crippen molar-refractivity contribution < 1.29 is 0 Å². The molecule has 1 saturated carbocycles. The largest absolute Gasteiger partial charge is 0.363 e. The van der Waals surface area contributed by atoms with Gasteiger partial charge in [-0.05, 0) is 37.4 Å². The van der Waals surface area contributed by atoms with Crippen molar-refractivity contribution in [3.05, 3.63) is 0 Å². The van der Waals surface area contributed by atoms with E-state index >= 15 is 0 Å². The van der Waals surface area contributed by atoms with Gasteiger partial charge in [0, 0.05) is 12.6 Å². The van der Waals surface area contributed by atoms with E-state index in [1.54, 1.807) is 0 Å². The Bertz CT molecular complexity index is 170. The summed E-state index contributed by atoms with van der Waals surface area (Å²) in [6.45, 7) is 5.42. The normalized spacial score (nSPS) is 27.2. The molecule has 0 aliphatic heterocycles. The minimum atomic E-state index is 0.608. The van der Waals surface area contributed by atoms with E-state index in [4.69, 9.17) is 12.2 Å². The summed E-state index contributed by atoms with van der Waals surface area (Å²) >= 11 is 5.19. The van der Waals surface area contributed by atoms with Crippen LogP contribution < -0.4 is 10.6 Å². The van der Waals surface area contributed by atoms with Gasteiger partial charge >= 0.3 is 0 Å². The van der Waals surface area contributed by atoms with Crippen LogP contribution in [0.3, 0.4) is 0 Å². The van der Waals surface area contributed by atoms with Crippen LogP contribution in [0.4, 0.5) is 0 Å². The van der Waals surface area contributed by atoms with Crippen LogP contribution in [-0.4, -0.2) is 17.7 Å². The van der Waals surface area contributed by atoms with E-state index < -0.39 is 0 Å². The molecule has 0 aromatic carbocycles. The summed E-state index contributed by atoms with van der Waals surface area (Å²) in [5, 5.41) is 7.42. The van der Waals surface area contributed by atoms with E-state index in [0.29, 0.717) is 6.04 Å². The summed E-state index contributed by atoms with van der Waals surface area (Å²) in [5.41, 5.74) is 0. The molecule has 0 aromatic rings. The van der Waals surface area contributed by atoms with Gasteiger partial charge < -0.3 is 10.6 Å². The van der Waals surface area contributed by atoms with Crippen molar-refractivity contribution >= 4 is 17.3 Å². The topological polar surface area (TPSA) is 24.1 Å². The molecule has 0 saturated heterocycles. The minimum absolute atomic E-state index is 0.608. The smallest absolute Gasteiger partial charge is 0.166 e. The molecular weight excluding hydrogens is 180 g/mol. The van der Waals surface area contributed by atoms with Crippen LogP contribution in [0.25, 0.3) is 0 Å². The zero-order chi connectivity index (χ0) is 9.68. The van der Waals surface area contributed by atoms with Crippen molar-refractivity contribution in [3.8, 4) is 0 Å². The first-order valence-corrected chi connectivity index (χ1v) is 5.69. The Hall–Kier alpha value is -0.310. The molecule has 0 spiro atoms. The van der Waals surface area contributed by atoms with Gasteiger partial charge in [-0.15, -0.1) is 0 Å². The van der Waals surface area contributed by atoms with Crippen molar-refractivity contribution in [2.45, 2.75) is 45.6 Å². The van der Waals surface area contributed by atoms with Crippen molar-refractivity contribution in [3.63, 3.8) is 0 Å². The molecule has 1 fully saturated rings. The van der Waals surface area contributed by atoms with Crippen LogP contribution in [0.5, 0.6) is 0 Å². The van der Waals surface area contributed by atoms with E-state index in [1.165, 1.54) is 19.3 Å². The first kappa shape index (κ1) is 10.8. The molecule has 2 nitrogen and oxygen atoms in total. The number of thiocarbonyl (C=S) groups is 1. The molecule has 0 aromatic heterocycles. The maximum Gasteiger partial charge on any atom is 0.166 e. The second-order valence-corrected chi connectivity index (χ2v) is 4.32. The number of nitrogens with one attached hydrogen (secondary N) is 2. The first-order chi connectivity index (χ1) is 6.24. The van der Waals surface area contributed by atoms with Gasteiger partial charge in [-0.3, -0.25) is 0 Å². The molecule has 1 aliphatic rings. The van der Waals surface area contributed by atoms with Crippen molar-refractivity contribution in [1.82, 2.24) is 10.6 Å². The summed E-state index contributed by atoms with van der Waals surface area (Å²) in [6, 6.07) is 0.608. The van der Waals surface area contributed by atoms with E-state index in [9.17, 15) is 0 Å². The van der Waals surface area contributed by atoms with Gasteiger partial charge in [-0.25, -0.2) is 0 Å². The molecular formula is C10H20N2S. The van der Waals surface area contributed by atoms with Gasteiger partial charge in [-0.1, -0.05) is 20.3 Å². The maximum atomic E-state index is 5.19. The van der Waals surface area contributed by atoms with Gasteiger partial charge in [-0.2, -0.15) is 0 Å². The van der Waals surface area contributed by atoms with Crippen LogP contribution in [-0.2, 0) is 0 Å². The highest BCUT2D eigenvalue weighted by molar-refractivity contribution is 7.80. The summed E-state index contributed by atoms with van der Waals surface area (Å²) in [4.78, 5) is 0. The Morgan fingerprint density at radius 3 is 2.77 bits per heavy atom. The van der Waals surface area contributed by atoms with E-state index in [-0.39, 0.29) is 0 Å². The minimum Gasteiger partial charge on any atom is -0.363 e. The van der Waals surface area contributed by atoms with Crippen molar-refractivity contribution in [1.29, 1.82) is 0 Å². The lowest BCUT2D eigenvalue weighted by atomic mass is 10.1. The Labute approximate surface area is 86.5 Å². The van der Waals surface area contributed by atoms with Crippen molar-refractivity contribution in [2.24, 2.45) is 5.92 Å². The standard InChI is InChI=1S/C10H20N2S/c1-3-7-11-10(13)12-9-6-4-5-8(9)2/h8-9H,3-7H2,1-2H3,(H2,11,12,13). The summed E-state index contributed by atoms with van der Waals surface area (Å²) in [5.74, 6) is 0.779. The van der Waals surface area contributed by atoms with Crippen molar-refractivity contribution in [2.75, 3.05) is 6.54 Å². The zero-order valence-corrected chi connectivity index (χ0v) is 9.41. The van der Waals surface area contributed by atoms with Gasteiger partial charge in [0.2, 0.25) is 0 Å². The number of rotatable bonds is 3. The molecule has 2 N–H and O–H groups in total. The van der Waals surface area contributed by atoms with Gasteiger partial charge in [0.1, 0.15) is 0 Å². The van der Waals surface area contributed by atoms with E-state index in [1.807, 2.05) is 0 Å². The highest BCUT2D eigenvalue weighted by Gasteiger charge is 2.23. The van der Waals surface area contributed by atoms with Crippen LogP contribution in [0.1, 0.15) is 39.5 Å². The van der Waals surface area contributed by atoms with Crippen LogP contribution in [0.15, 0.2) is 0 Å². The maximum absolute atomic E-state index is 5.19. The zero-order valence-electron chi connectivity index (χ0n) is 8.60. The Morgan fingerprint density at radius 1 is 1.46 bits per heavy atom. The Morgan fingerprint density at radius 2 is 2.23 bits per heavy atom. The fourth-order valence-electron chi connectivity index (χ4n) is 1.82. The first-order valence-electron chi connectivity index (χ1n) is 5.28. The third-order valence-corrected chi connectivity index (χ3v) is 2.98. The Balaban J connectivity index is 2.19. The molecule has 1 aliphatic carbocycles. The number of hydrogen-bond acceptors (Lipinski definition) is 1. The second-order valence-electron chi connectivity index (χ2n) is 3.91. The third-order valence-electron chi connectivity index (χ3n) is 2.71. The lowest BCUT2D eigenvalue weighted by molar-refractivity contribution is 0.484. The van der Waals surface area contributed by atoms with Gasteiger partial charge in [0.05, 0.1) is 0 Å². The van der Waals surface area contributed by atoms with Crippen LogP contribution in [0, 0.1) is 5.92 Å². The highest BCUT2D eigenvalue weighted by Crippen LogP contribution is 2.24. The quantitative estimate of drug-likeness (QED) is 0.682. The predicted molar refractivity (Wildman–Crippen MR) is 60.8 cm³/mol. The van der Waals surface area contributed by atoms with Crippen LogP contribution in [0.2, 0.25) is 0 Å². The Kier molecular flexibility index (Phi) is 4.50. The van der Waals surface area contributed by atoms with Gasteiger partial charge in [0.25, 0.3) is 0 Å². The molecule has 0 heterocycles. The molecule has 1 rings (SSSR count). The van der Waals surface area contributed by atoms with Gasteiger partial charge in [0.15, 0.2) is 5.11 Å². The lowest BCUT2D eigenvalue weighted by Crippen LogP contribution is -2.43. The number of hydrogen-bond donors (Lipinski definition) is 2. The molecule has 0 bridgehead atoms. The lowest BCUT2D eigenvalue weighted by Gasteiger charge is -2.19. The molecule has 13 heavy (non-hydrogen) atoms. The second kappa shape index (κ2) is 5.43. The third kappa shape index (κ3) is 3.51. The monoisotopic (exact) mass is 200 g/mol. The highest BCUT2D eigenvalue weighted by atomic mass is 32.1. The summed E-state index contributed by atoms with van der Waals surface area (Å²) in [7, 11) is 0. The fourth-order valence-corrected chi connectivity index (χ4v) is 2.07. The predicted octanol–water partition coefficient (Wildman–Crippen LogP) is 2.05. The summed E-state index contributed by atoms with van der Waals surface area (Å²) < 4.78 is 0. The average Bonchev–Trinajstić information content (AvgIpc) is 2.48. The molecule has 0 amide bonds.